The molecular weight excluding hydrogens is 202 g/mol. The molecule has 0 spiro atoms. The zero-order valence-corrected chi connectivity index (χ0v) is 10.5. The minimum Gasteiger partial charge on any atom is -0.383 e. The summed E-state index contributed by atoms with van der Waals surface area (Å²) < 4.78 is 5.12. The second-order valence-electron chi connectivity index (χ2n) is 4.15. The van der Waals surface area contributed by atoms with Crippen LogP contribution in [0.5, 0.6) is 0 Å². The van der Waals surface area contributed by atoms with E-state index in [1.165, 1.54) is 0 Å². The van der Waals surface area contributed by atoms with Crippen LogP contribution in [-0.4, -0.2) is 31.8 Å². The van der Waals surface area contributed by atoms with Gasteiger partial charge in [-0.3, -0.25) is 0 Å². The third-order valence-corrected chi connectivity index (χ3v) is 2.73. The van der Waals surface area contributed by atoms with Crippen molar-refractivity contribution >= 4 is 5.82 Å². The first kappa shape index (κ1) is 12.9. The Hall–Kier alpha value is -1.13. The summed E-state index contributed by atoms with van der Waals surface area (Å²) in [6.45, 7) is 4.74. The molecule has 1 rings (SSSR count). The van der Waals surface area contributed by atoms with Gasteiger partial charge >= 0.3 is 0 Å². The Morgan fingerprint density at radius 1 is 1.44 bits per heavy atom. The first-order chi connectivity index (χ1) is 7.56. The van der Waals surface area contributed by atoms with Gasteiger partial charge in [0.2, 0.25) is 0 Å². The predicted molar refractivity (Wildman–Crippen MR) is 66.6 cm³/mol. The lowest BCUT2D eigenvalue weighted by atomic mass is 10.1. The molecule has 0 aliphatic carbocycles. The van der Waals surface area contributed by atoms with Crippen LogP contribution in [-0.2, 0) is 4.74 Å². The molecule has 0 amide bonds. The second-order valence-corrected chi connectivity index (χ2v) is 4.15. The first-order valence-corrected chi connectivity index (χ1v) is 5.49. The van der Waals surface area contributed by atoms with E-state index < -0.39 is 0 Å². The predicted octanol–water partition coefficient (Wildman–Crippen LogP) is 1.57. The average molecular weight is 223 g/mol. The fourth-order valence-electron chi connectivity index (χ4n) is 1.45. The van der Waals surface area contributed by atoms with Crippen LogP contribution in [0.25, 0.3) is 0 Å². The topological polar surface area (TPSA) is 51.4 Å². The van der Waals surface area contributed by atoms with E-state index in [0.717, 1.165) is 11.4 Å². The summed E-state index contributed by atoms with van der Waals surface area (Å²) >= 11 is 0. The van der Waals surface area contributed by atoms with Gasteiger partial charge in [-0.25, -0.2) is 4.98 Å². The molecule has 16 heavy (non-hydrogen) atoms. The molecule has 0 saturated carbocycles. The van der Waals surface area contributed by atoms with E-state index in [-0.39, 0.29) is 6.04 Å². The Kier molecular flexibility index (Phi) is 4.71. The largest absolute Gasteiger partial charge is 0.383 e. The van der Waals surface area contributed by atoms with Crippen molar-refractivity contribution in [1.29, 1.82) is 0 Å². The van der Waals surface area contributed by atoms with E-state index in [4.69, 9.17) is 10.5 Å². The monoisotopic (exact) mass is 223 g/mol. The van der Waals surface area contributed by atoms with Gasteiger partial charge in [-0.15, -0.1) is 0 Å². The van der Waals surface area contributed by atoms with Gasteiger partial charge in [0, 0.05) is 26.4 Å². The van der Waals surface area contributed by atoms with Crippen molar-refractivity contribution in [3.05, 3.63) is 23.9 Å². The average Bonchev–Trinajstić information content (AvgIpc) is 2.28. The molecule has 1 aromatic rings. The van der Waals surface area contributed by atoms with Gasteiger partial charge in [0.05, 0.1) is 12.6 Å². The molecule has 0 saturated heterocycles. The highest BCUT2D eigenvalue weighted by Gasteiger charge is 2.10. The van der Waals surface area contributed by atoms with Crippen LogP contribution in [0.4, 0.5) is 5.82 Å². The maximum absolute atomic E-state index is 5.77. The molecule has 0 bridgehead atoms. The molecular formula is C12H21N3O. The zero-order valence-electron chi connectivity index (χ0n) is 10.5. The molecule has 1 unspecified atom stereocenters. The van der Waals surface area contributed by atoms with Crippen molar-refractivity contribution in [2.45, 2.75) is 25.9 Å². The molecule has 0 aliphatic rings. The number of ether oxygens (including phenoxy) is 1. The Morgan fingerprint density at radius 2 is 2.12 bits per heavy atom. The molecule has 0 radical (unpaired) electrons. The highest BCUT2D eigenvalue weighted by atomic mass is 16.5. The van der Waals surface area contributed by atoms with Gasteiger partial charge in [-0.1, -0.05) is 6.07 Å². The van der Waals surface area contributed by atoms with Gasteiger partial charge in [0.15, 0.2) is 0 Å². The smallest absolute Gasteiger partial charge is 0.128 e. The number of rotatable bonds is 5. The van der Waals surface area contributed by atoms with Crippen molar-refractivity contribution in [1.82, 2.24) is 4.98 Å². The Morgan fingerprint density at radius 3 is 2.56 bits per heavy atom. The molecule has 2 atom stereocenters. The number of hydrogen-bond donors (Lipinski definition) is 1. The third kappa shape index (κ3) is 3.18. The number of pyridine rings is 1. The van der Waals surface area contributed by atoms with Crippen LogP contribution >= 0.6 is 0 Å². The lowest BCUT2D eigenvalue weighted by Crippen LogP contribution is -2.33. The molecule has 0 aromatic carbocycles. The molecule has 4 heteroatoms. The standard InChI is InChI=1S/C12H21N3O/c1-9(8-16-4)15(3)12-6-5-11(7-14-12)10(2)13/h5-7,9-10H,8,13H2,1-4H3/t9?,10-/m0/s1. The fraction of sp³-hybridized carbons (Fsp3) is 0.583. The molecule has 1 heterocycles. The third-order valence-electron chi connectivity index (χ3n) is 2.73. The van der Waals surface area contributed by atoms with Crippen LogP contribution in [0.1, 0.15) is 25.5 Å². The van der Waals surface area contributed by atoms with Gasteiger partial charge < -0.3 is 15.4 Å². The maximum Gasteiger partial charge on any atom is 0.128 e. The van der Waals surface area contributed by atoms with Crippen LogP contribution < -0.4 is 10.6 Å². The number of likely N-dealkylation sites (N-methyl/N-ethyl adjacent to an activating group) is 1. The summed E-state index contributed by atoms with van der Waals surface area (Å²) in [5, 5.41) is 0. The summed E-state index contributed by atoms with van der Waals surface area (Å²) in [4.78, 5) is 6.49. The van der Waals surface area contributed by atoms with Crippen LogP contribution in [0, 0.1) is 0 Å². The lowest BCUT2D eigenvalue weighted by Gasteiger charge is -2.25. The fourth-order valence-corrected chi connectivity index (χ4v) is 1.45. The van der Waals surface area contributed by atoms with E-state index in [9.17, 15) is 0 Å². The number of hydrogen-bond acceptors (Lipinski definition) is 4. The van der Waals surface area contributed by atoms with Crippen molar-refractivity contribution in [3.63, 3.8) is 0 Å². The van der Waals surface area contributed by atoms with Gasteiger partial charge in [-0.2, -0.15) is 0 Å². The maximum atomic E-state index is 5.77. The van der Waals surface area contributed by atoms with Crippen LogP contribution in [0.2, 0.25) is 0 Å². The Balaban J connectivity index is 2.73. The highest BCUT2D eigenvalue weighted by Crippen LogP contribution is 2.15. The molecule has 1 aromatic heterocycles. The molecule has 4 nitrogen and oxygen atoms in total. The van der Waals surface area contributed by atoms with Crippen LogP contribution in [0.3, 0.4) is 0 Å². The van der Waals surface area contributed by atoms with E-state index >= 15 is 0 Å². The van der Waals surface area contributed by atoms with Gasteiger partial charge in [-0.05, 0) is 25.5 Å². The second kappa shape index (κ2) is 5.82. The van der Waals surface area contributed by atoms with Gasteiger partial charge in [0.25, 0.3) is 0 Å². The van der Waals surface area contributed by atoms with E-state index in [0.29, 0.717) is 12.6 Å². The number of aromatic nitrogens is 1. The zero-order chi connectivity index (χ0) is 12.1. The first-order valence-electron chi connectivity index (χ1n) is 5.49. The molecule has 0 aliphatic heterocycles. The lowest BCUT2D eigenvalue weighted by molar-refractivity contribution is 0.183. The van der Waals surface area contributed by atoms with Gasteiger partial charge in [0.1, 0.15) is 5.82 Å². The minimum atomic E-state index is 0.0308. The van der Waals surface area contributed by atoms with E-state index in [2.05, 4.69) is 16.8 Å². The number of nitrogens with two attached hydrogens (primary N) is 1. The minimum absolute atomic E-state index is 0.0308. The highest BCUT2D eigenvalue weighted by molar-refractivity contribution is 5.39. The SMILES string of the molecule is COCC(C)N(C)c1ccc([C@H](C)N)cn1. The van der Waals surface area contributed by atoms with Crippen molar-refractivity contribution in [2.75, 3.05) is 25.7 Å². The number of nitrogens with zero attached hydrogens (tertiary/aromatic N) is 2. The van der Waals surface area contributed by atoms with E-state index in [1.54, 1.807) is 7.11 Å². The summed E-state index contributed by atoms with van der Waals surface area (Å²) in [5.41, 5.74) is 6.83. The van der Waals surface area contributed by atoms with Crippen molar-refractivity contribution < 1.29 is 4.74 Å². The van der Waals surface area contributed by atoms with Crippen LogP contribution in [0.15, 0.2) is 18.3 Å². The summed E-state index contributed by atoms with van der Waals surface area (Å²) in [5.74, 6) is 0.939. The number of methoxy groups -OCH3 is 1. The van der Waals surface area contributed by atoms with Crippen molar-refractivity contribution in [2.24, 2.45) is 5.73 Å². The molecule has 2 N–H and O–H groups in total. The summed E-state index contributed by atoms with van der Waals surface area (Å²) in [6, 6.07) is 4.34. The Labute approximate surface area is 97.4 Å². The van der Waals surface area contributed by atoms with Crippen molar-refractivity contribution in [3.8, 4) is 0 Å². The molecule has 90 valence electrons. The summed E-state index contributed by atoms with van der Waals surface area (Å²) in [7, 11) is 3.72. The van der Waals surface area contributed by atoms with E-state index in [1.807, 2.05) is 32.3 Å². The molecule has 0 fully saturated rings. The number of anilines is 1. The normalized spacial score (nSPS) is 14.6. The Bertz CT molecular complexity index is 311. The summed E-state index contributed by atoms with van der Waals surface area (Å²) in [6.07, 6.45) is 1.83. The quantitative estimate of drug-likeness (QED) is 0.823.